The summed E-state index contributed by atoms with van der Waals surface area (Å²) in [6, 6.07) is 3.43. The smallest absolute Gasteiger partial charge is 0.131 e. The topological polar surface area (TPSA) is 38.4 Å². The number of aliphatic imine (C=N–C) groups is 1. The van der Waals surface area contributed by atoms with Crippen LogP contribution >= 0.6 is 0 Å². The van der Waals surface area contributed by atoms with Gasteiger partial charge < -0.3 is 5.73 Å². The molecule has 0 radical (unpaired) electrons. The molecule has 0 heterocycles. The number of hydrogen-bond donors (Lipinski definition) is 1. The second kappa shape index (κ2) is 4.60. The van der Waals surface area contributed by atoms with Crippen LogP contribution in [-0.2, 0) is 6.54 Å². The minimum atomic E-state index is -0.592. The van der Waals surface area contributed by atoms with E-state index in [-0.39, 0.29) is 12.0 Å². The van der Waals surface area contributed by atoms with Gasteiger partial charge in [-0.1, -0.05) is 26.8 Å². The fourth-order valence-electron chi connectivity index (χ4n) is 1.06. The van der Waals surface area contributed by atoms with Gasteiger partial charge in [0.1, 0.15) is 11.6 Å². The Bertz CT molecular complexity index is 406. The first-order valence-corrected chi connectivity index (χ1v) is 5.05. The predicted octanol–water partition coefficient (Wildman–Crippen LogP) is 2.87. The van der Waals surface area contributed by atoms with Crippen LogP contribution in [0.4, 0.5) is 8.78 Å². The zero-order chi connectivity index (χ0) is 12.3. The summed E-state index contributed by atoms with van der Waals surface area (Å²) < 4.78 is 25.9. The molecular formula is C12H16F2N2. The maximum absolute atomic E-state index is 13.2. The molecule has 0 aliphatic carbocycles. The van der Waals surface area contributed by atoms with Crippen molar-refractivity contribution in [3.63, 3.8) is 0 Å². The van der Waals surface area contributed by atoms with E-state index in [1.165, 1.54) is 12.1 Å². The van der Waals surface area contributed by atoms with Crippen LogP contribution in [0, 0.1) is 17.0 Å². The molecule has 16 heavy (non-hydrogen) atoms. The minimum absolute atomic E-state index is 0.134. The maximum Gasteiger partial charge on any atom is 0.131 e. The second-order valence-electron chi connectivity index (χ2n) is 4.69. The summed E-state index contributed by atoms with van der Waals surface area (Å²) in [5, 5.41) is 0. The molecule has 0 saturated carbocycles. The van der Waals surface area contributed by atoms with Crippen molar-refractivity contribution in [2.45, 2.75) is 27.3 Å². The van der Waals surface area contributed by atoms with E-state index in [2.05, 4.69) is 4.99 Å². The summed E-state index contributed by atoms with van der Waals surface area (Å²) in [6.07, 6.45) is 0. The van der Waals surface area contributed by atoms with E-state index in [4.69, 9.17) is 5.73 Å². The molecule has 0 unspecified atom stereocenters. The van der Waals surface area contributed by atoms with Gasteiger partial charge in [0, 0.05) is 17.0 Å². The molecule has 2 N–H and O–H groups in total. The molecule has 0 amide bonds. The van der Waals surface area contributed by atoms with E-state index < -0.39 is 11.6 Å². The zero-order valence-corrected chi connectivity index (χ0v) is 9.72. The van der Waals surface area contributed by atoms with Crippen molar-refractivity contribution in [2.75, 3.05) is 0 Å². The van der Waals surface area contributed by atoms with Crippen molar-refractivity contribution in [3.05, 3.63) is 35.4 Å². The number of halogens is 2. The Labute approximate surface area is 94.2 Å². The van der Waals surface area contributed by atoms with Crippen LogP contribution in [0.2, 0.25) is 0 Å². The van der Waals surface area contributed by atoms with E-state index >= 15 is 0 Å². The summed E-state index contributed by atoms with van der Waals surface area (Å²) in [5.74, 6) is -0.726. The first kappa shape index (κ1) is 12.6. The molecule has 0 atom stereocenters. The lowest BCUT2D eigenvalue weighted by Crippen LogP contribution is -2.29. The van der Waals surface area contributed by atoms with Crippen LogP contribution in [0.3, 0.4) is 0 Å². The fraction of sp³-hybridized carbons (Fsp3) is 0.417. The van der Waals surface area contributed by atoms with Crippen LogP contribution < -0.4 is 5.73 Å². The summed E-state index contributed by atoms with van der Waals surface area (Å²) in [6.45, 7) is 5.90. The van der Waals surface area contributed by atoms with Crippen molar-refractivity contribution in [2.24, 2.45) is 16.1 Å². The molecule has 88 valence electrons. The van der Waals surface area contributed by atoms with Crippen LogP contribution in [0.25, 0.3) is 0 Å². The van der Waals surface area contributed by atoms with Crippen molar-refractivity contribution < 1.29 is 8.78 Å². The number of hydrogen-bond acceptors (Lipinski definition) is 1. The van der Waals surface area contributed by atoms with Gasteiger partial charge in [0.05, 0.1) is 12.4 Å². The summed E-state index contributed by atoms with van der Waals surface area (Å²) in [7, 11) is 0. The van der Waals surface area contributed by atoms with Gasteiger partial charge in [0.15, 0.2) is 0 Å². The Morgan fingerprint density at radius 1 is 1.31 bits per heavy atom. The van der Waals surface area contributed by atoms with Gasteiger partial charge in [-0.25, -0.2) is 8.78 Å². The Hall–Kier alpha value is -1.45. The molecule has 1 rings (SSSR count). The second-order valence-corrected chi connectivity index (χ2v) is 4.69. The molecule has 4 heteroatoms. The average molecular weight is 226 g/mol. The molecule has 0 aromatic heterocycles. The van der Waals surface area contributed by atoms with E-state index in [1.54, 1.807) is 0 Å². The maximum atomic E-state index is 13.2. The summed E-state index contributed by atoms with van der Waals surface area (Å²) in [4.78, 5) is 4.09. The number of rotatable bonds is 2. The highest BCUT2D eigenvalue weighted by Crippen LogP contribution is 2.15. The van der Waals surface area contributed by atoms with E-state index in [1.807, 2.05) is 20.8 Å². The molecule has 0 aliphatic rings. The van der Waals surface area contributed by atoms with E-state index in [0.717, 1.165) is 6.07 Å². The summed E-state index contributed by atoms with van der Waals surface area (Å²) in [5.41, 5.74) is 5.83. The highest BCUT2D eigenvalue weighted by atomic mass is 19.1. The molecule has 0 fully saturated rings. The zero-order valence-electron chi connectivity index (χ0n) is 9.72. The first-order valence-electron chi connectivity index (χ1n) is 5.05. The first-order chi connectivity index (χ1) is 7.30. The monoisotopic (exact) mass is 226 g/mol. The van der Waals surface area contributed by atoms with Crippen molar-refractivity contribution in [3.8, 4) is 0 Å². The molecule has 2 nitrogen and oxygen atoms in total. The van der Waals surface area contributed by atoms with Crippen LogP contribution in [0.5, 0.6) is 0 Å². The van der Waals surface area contributed by atoms with Gasteiger partial charge in [-0.2, -0.15) is 0 Å². The van der Waals surface area contributed by atoms with Gasteiger partial charge >= 0.3 is 0 Å². The molecule has 0 bridgehead atoms. The van der Waals surface area contributed by atoms with Gasteiger partial charge in [0.25, 0.3) is 0 Å². The van der Waals surface area contributed by atoms with Crippen molar-refractivity contribution in [1.29, 1.82) is 0 Å². The van der Waals surface area contributed by atoms with Crippen LogP contribution in [-0.4, -0.2) is 5.84 Å². The lowest BCUT2D eigenvalue weighted by atomic mass is 9.95. The average Bonchev–Trinajstić information content (AvgIpc) is 2.14. The molecular weight excluding hydrogens is 210 g/mol. The Morgan fingerprint density at radius 2 is 1.94 bits per heavy atom. The Kier molecular flexibility index (Phi) is 3.62. The normalized spacial score (nSPS) is 12.9. The lowest BCUT2D eigenvalue weighted by molar-refractivity contribution is 0.567. The number of nitrogens with two attached hydrogens (primary N) is 1. The van der Waals surface area contributed by atoms with Gasteiger partial charge in [-0.15, -0.1) is 0 Å². The number of amidine groups is 1. The van der Waals surface area contributed by atoms with Gasteiger partial charge in [-0.3, -0.25) is 4.99 Å². The van der Waals surface area contributed by atoms with Gasteiger partial charge in [-0.05, 0) is 6.07 Å². The standard InChI is InChI=1S/C12H16F2N2/c1-12(2,3)11(15)16-7-8-4-5-9(13)6-10(8)14/h4-6H,7H2,1-3H3,(H2,15,16). The van der Waals surface area contributed by atoms with Crippen molar-refractivity contribution in [1.82, 2.24) is 0 Å². The quantitative estimate of drug-likeness (QED) is 0.611. The SMILES string of the molecule is CC(C)(C)C(N)=NCc1ccc(F)cc1F. The molecule has 0 saturated heterocycles. The molecule has 1 aromatic carbocycles. The largest absolute Gasteiger partial charge is 0.387 e. The lowest BCUT2D eigenvalue weighted by Gasteiger charge is -2.17. The third-order valence-corrected chi connectivity index (χ3v) is 2.20. The predicted molar refractivity (Wildman–Crippen MR) is 61.1 cm³/mol. The Morgan fingerprint density at radius 3 is 2.44 bits per heavy atom. The Balaban J connectivity index is 2.83. The molecule has 1 aromatic rings. The highest BCUT2D eigenvalue weighted by Gasteiger charge is 2.15. The number of nitrogens with zero attached hydrogens (tertiary/aromatic N) is 1. The van der Waals surface area contributed by atoms with Crippen LogP contribution in [0.1, 0.15) is 26.3 Å². The minimum Gasteiger partial charge on any atom is -0.387 e. The van der Waals surface area contributed by atoms with E-state index in [9.17, 15) is 8.78 Å². The fourth-order valence-corrected chi connectivity index (χ4v) is 1.06. The third kappa shape index (κ3) is 3.29. The molecule has 0 aliphatic heterocycles. The summed E-state index contributed by atoms with van der Waals surface area (Å²) >= 11 is 0. The van der Waals surface area contributed by atoms with E-state index in [0.29, 0.717) is 11.4 Å². The number of benzene rings is 1. The van der Waals surface area contributed by atoms with Crippen LogP contribution in [0.15, 0.2) is 23.2 Å². The highest BCUT2D eigenvalue weighted by molar-refractivity contribution is 5.85. The molecule has 0 spiro atoms. The van der Waals surface area contributed by atoms with Gasteiger partial charge in [0.2, 0.25) is 0 Å². The third-order valence-electron chi connectivity index (χ3n) is 2.20. The van der Waals surface area contributed by atoms with Crippen molar-refractivity contribution >= 4 is 5.84 Å².